The van der Waals surface area contributed by atoms with E-state index in [9.17, 15) is 0 Å². The molecule has 1 heterocycles. The normalized spacial score (nSPS) is 12.0. The summed E-state index contributed by atoms with van der Waals surface area (Å²) in [6.07, 6.45) is 2.95. The van der Waals surface area contributed by atoms with Crippen LogP contribution in [0, 0.1) is 0 Å². The number of nitrogens with zero attached hydrogens (tertiary/aromatic N) is 1. The molecule has 3 nitrogen and oxygen atoms in total. The Kier molecular flexibility index (Phi) is 6.09. The van der Waals surface area contributed by atoms with E-state index < -0.39 is 0 Å². The highest BCUT2D eigenvalue weighted by atomic mass is 32.1. The molecule has 0 bridgehead atoms. The molecule has 1 rings (SSSR count). The summed E-state index contributed by atoms with van der Waals surface area (Å²) in [6.45, 7) is 8.12. The van der Waals surface area contributed by atoms with Gasteiger partial charge in [0.2, 0.25) is 0 Å². The minimum absolute atomic E-state index is 0.169. The highest BCUT2D eigenvalue weighted by Crippen LogP contribution is 2.35. The van der Waals surface area contributed by atoms with Crippen LogP contribution in [-0.2, 0) is 16.8 Å². The molecule has 1 aromatic rings. The zero-order valence-corrected chi connectivity index (χ0v) is 12.2. The smallest absolute Gasteiger partial charge is 0.125 e. The van der Waals surface area contributed by atoms with Gasteiger partial charge in [-0.05, 0) is 26.8 Å². The first-order valence-corrected chi connectivity index (χ1v) is 7.33. The summed E-state index contributed by atoms with van der Waals surface area (Å²) < 4.78 is 5.96. The summed E-state index contributed by atoms with van der Waals surface area (Å²) in [6, 6.07) is 0. The van der Waals surface area contributed by atoms with Crippen LogP contribution in [0.1, 0.15) is 44.3 Å². The maximum absolute atomic E-state index is 5.96. The lowest BCUT2D eigenvalue weighted by Crippen LogP contribution is -2.28. The highest BCUT2D eigenvalue weighted by Gasteiger charge is 2.32. The van der Waals surface area contributed by atoms with Crippen LogP contribution in [0.15, 0.2) is 5.38 Å². The van der Waals surface area contributed by atoms with Crippen LogP contribution in [0.25, 0.3) is 0 Å². The number of hydrogen-bond donors (Lipinski definition) is 1. The Morgan fingerprint density at radius 2 is 2.06 bits per heavy atom. The Morgan fingerprint density at radius 3 is 2.59 bits per heavy atom. The van der Waals surface area contributed by atoms with Crippen molar-refractivity contribution in [3.05, 3.63) is 16.1 Å². The van der Waals surface area contributed by atoms with E-state index in [0.29, 0.717) is 0 Å². The van der Waals surface area contributed by atoms with E-state index in [1.165, 1.54) is 5.69 Å². The van der Waals surface area contributed by atoms with Crippen molar-refractivity contribution in [2.75, 3.05) is 20.2 Å². The van der Waals surface area contributed by atoms with Crippen molar-refractivity contribution >= 4 is 11.3 Å². The van der Waals surface area contributed by atoms with Gasteiger partial charge >= 0.3 is 0 Å². The van der Waals surface area contributed by atoms with Crippen LogP contribution < -0.4 is 5.32 Å². The van der Waals surface area contributed by atoms with Gasteiger partial charge < -0.3 is 10.1 Å². The second-order valence-electron chi connectivity index (χ2n) is 4.13. The zero-order chi connectivity index (χ0) is 12.7. The monoisotopic (exact) mass is 256 g/mol. The molecule has 1 aromatic heterocycles. The summed E-state index contributed by atoms with van der Waals surface area (Å²) in [4.78, 5) is 4.73. The van der Waals surface area contributed by atoms with Crippen LogP contribution in [0.3, 0.4) is 0 Å². The number of likely N-dealkylation sites (N-methyl/N-ethyl adjacent to an activating group) is 1. The molecule has 0 amide bonds. The van der Waals surface area contributed by atoms with Gasteiger partial charge in [-0.15, -0.1) is 11.3 Å². The van der Waals surface area contributed by atoms with E-state index in [1.54, 1.807) is 11.3 Å². The minimum Gasteiger partial charge on any atom is -0.368 e. The topological polar surface area (TPSA) is 34.1 Å². The number of thiazole rings is 1. The van der Waals surface area contributed by atoms with Gasteiger partial charge in [-0.2, -0.15) is 0 Å². The summed E-state index contributed by atoms with van der Waals surface area (Å²) in [5.74, 6) is 0. The standard InChI is InChI=1S/C13H24N2OS/c1-5-13(6-2,16-7-3)12-15-11(10-17-12)8-9-14-4/h10,14H,5-9H2,1-4H3. The molecule has 17 heavy (non-hydrogen) atoms. The Balaban J connectivity index is 2.83. The van der Waals surface area contributed by atoms with Gasteiger partial charge in [-0.3, -0.25) is 0 Å². The SMILES string of the molecule is CCOC(CC)(CC)c1nc(CCNC)cs1. The predicted molar refractivity (Wildman–Crippen MR) is 73.6 cm³/mol. The van der Waals surface area contributed by atoms with E-state index in [2.05, 4.69) is 31.5 Å². The fraction of sp³-hybridized carbons (Fsp3) is 0.769. The molecule has 0 unspecified atom stereocenters. The molecule has 1 N–H and O–H groups in total. The maximum atomic E-state index is 5.96. The number of ether oxygens (including phenoxy) is 1. The van der Waals surface area contributed by atoms with Gasteiger partial charge in [-0.1, -0.05) is 13.8 Å². The average Bonchev–Trinajstić information content (AvgIpc) is 2.83. The molecule has 0 aliphatic heterocycles. The molecule has 0 saturated heterocycles. The quantitative estimate of drug-likeness (QED) is 0.776. The molecule has 0 fully saturated rings. The van der Waals surface area contributed by atoms with Crippen LogP contribution in [0.4, 0.5) is 0 Å². The summed E-state index contributed by atoms with van der Waals surface area (Å²) in [7, 11) is 1.97. The molecule has 4 heteroatoms. The third-order valence-corrected chi connectivity index (χ3v) is 4.21. The summed E-state index contributed by atoms with van der Waals surface area (Å²) in [5, 5.41) is 6.44. The minimum atomic E-state index is -0.169. The lowest BCUT2D eigenvalue weighted by atomic mass is 9.98. The van der Waals surface area contributed by atoms with Gasteiger partial charge in [0.15, 0.2) is 0 Å². The van der Waals surface area contributed by atoms with Gasteiger partial charge in [0, 0.05) is 25.0 Å². The van der Waals surface area contributed by atoms with Crippen LogP contribution in [-0.4, -0.2) is 25.2 Å². The third kappa shape index (κ3) is 3.50. The Labute approximate surface area is 109 Å². The van der Waals surface area contributed by atoms with Crippen LogP contribution >= 0.6 is 11.3 Å². The molecule has 0 radical (unpaired) electrons. The zero-order valence-electron chi connectivity index (χ0n) is 11.4. The molecule has 98 valence electrons. The van der Waals surface area contributed by atoms with E-state index in [-0.39, 0.29) is 5.60 Å². The number of rotatable bonds is 8. The Morgan fingerprint density at radius 1 is 1.35 bits per heavy atom. The maximum Gasteiger partial charge on any atom is 0.125 e. The van der Waals surface area contributed by atoms with Crippen LogP contribution in [0.2, 0.25) is 0 Å². The fourth-order valence-corrected chi connectivity index (χ4v) is 3.13. The molecular formula is C13H24N2OS. The van der Waals surface area contributed by atoms with E-state index in [4.69, 9.17) is 9.72 Å². The van der Waals surface area contributed by atoms with Crippen molar-refractivity contribution in [3.63, 3.8) is 0 Å². The molecular weight excluding hydrogens is 232 g/mol. The second-order valence-corrected chi connectivity index (χ2v) is 4.99. The first kappa shape index (κ1) is 14.6. The highest BCUT2D eigenvalue weighted by molar-refractivity contribution is 7.09. The predicted octanol–water partition coefficient (Wildman–Crippen LogP) is 2.96. The van der Waals surface area contributed by atoms with Gasteiger partial charge in [-0.25, -0.2) is 4.98 Å². The number of aromatic nitrogens is 1. The van der Waals surface area contributed by atoms with Crippen molar-refractivity contribution < 1.29 is 4.74 Å². The fourth-order valence-electron chi connectivity index (χ4n) is 1.98. The number of hydrogen-bond acceptors (Lipinski definition) is 4. The molecule has 0 atom stereocenters. The second kappa shape index (κ2) is 7.09. The lowest BCUT2D eigenvalue weighted by molar-refractivity contribution is -0.0507. The largest absolute Gasteiger partial charge is 0.368 e. The van der Waals surface area contributed by atoms with E-state index in [1.807, 2.05) is 7.05 Å². The third-order valence-electron chi connectivity index (χ3n) is 3.14. The van der Waals surface area contributed by atoms with Crippen LogP contribution in [0.5, 0.6) is 0 Å². The summed E-state index contributed by atoms with van der Waals surface area (Å²) in [5.41, 5.74) is 1.00. The van der Waals surface area contributed by atoms with Crippen molar-refractivity contribution in [1.82, 2.24) is 10.3 Å². The Hall–Kier alpha value is -0.450. The molecule has 0 aromatic carbocycles. The first-order valence-electron chi connectivity index (χ1n) is 6.45. The first-order chi connectivity index (χ1) is 8.22. The molecule has 0 aliphatic rings. The average molecular weight is 256 g/mol. The molecule has 0 spiro atoms. The molecule has 0 saturated carbocycles. The van der Waals surface area contributed by atoms with Gasteiger partial charge in [0.1, 0.15) is 10.6 Å². The molecule has 0 aliphatic carbocycles. The Bertz CT molecular complexity index is 321. The van der Waals surface area contributed by atoms with Gasteiger partial charge in [0.25, 0.3) is 0 Å². The van der Waals surface area contributed by atoms with Crippen molar-refractivity contribution in [2.24, 2.45) is 0 Å². The summed E-state index contributed by atoms with van der Waals surface area (Å²) >= 11 is 1.73. The van der Waals surface area contributed by atoms with Crippen molar-refractivity contribution in [1.29, 1.82) is 0 Å². The van der Waals surface area contributed by atoms with Crippen molar-refractivity contribution in [3.8, 4) is 0 Å². The van der Waals surface area contributed by atoms with Gasteiger partial charge in [0.05, 0.1) is 5.69 Å². The lowest BCUT2D eigenvalue weighted by Gasteiger charge is -2.29. The number of nitrogens with one attached hydrogen (secondary N) is 1. The van der Waals surface area contributed by atoms with Crippen molar-refractivity contribution in [2.45, 2.75) is 45.6 Å². The van der Waals surface area contributed by atoms with E-state index in [0.717, 1.165) is 37.4 Å². The van der Waals surface area contributed by atoms with E-state index >= 15 is 0 Å².